The van der Waals surface area contributed by atoms with E-state index >= 15 is 0 Å². The number of ether oxygens (including phenoxy) is 2. The van der Waals surface area contributed by atoms with Gasteiger partial charge >= 0.3 is 12.1 Å². The molecule has 2 atom stereocenters. The summed E-state index contributed by atoms with van der Waals surface area (Å²) in [5, 5.41) is 14.9. The maximum Gasteiger partial charge on any atom is 0.408 e. The zero-order valence-corrected chi connectivity index (χ0v) is 23.4. The van der Waals surface area contributed by atoms with Gasteiger partial charge in [0, 0.05) is 13.0 Å². The van der Waals surface area contributed by atoms with Gasteiger partial charge in [-0.3, -0.25) is 14.4 Å². The Kier molecular flexibility index (Phi) is 11.3. The molecule has 0 aliphatic carbocycles. The average Bonchev–Trinajstić information content (AvgIpc) is 2.89. The molecular formula is C29H39N3O7. The number of phenolic OH excluding ortho intramolecular Hbond substituents is 1. The number of methoxy groups -OCH3 is 1. The topological polar surface area (TPSA) is 134 Å². The van der Waals surface area contributed by atoms with Gasteiger partial charge in [0.25, 0.3) is 0 Å². The van der Waals surface area contributed by atoms with Crippen LogP contribution in [0.15, 0.2) is 48.5 Å². The van der Waals surface area contributed by atoms with Crippen molar-refractivity contribution in [1.82, 2.24) is 15.5 Å². The van der Waals surface area contributed by atoms with E-state index in [4.69, 9.17) is 4.74 Å². The fourth-order valence-corrected chi connectivity index (χ4v) is 3.92. The Bertz CT molecular complexity index is 1130. The number of alkyl carbamates (subject to hydrolysis) is 1. The van der Waals surface area contributed by atoms with Crippen molar-refractivity contribution >= 4 is 23.9 Å². The lowest BCUT2D eigenvalue weighted by Gasteiger charge is -2.33. The summed E-state index contributed by atoms with van der Waals surface area (Å²) >= 11 is 0. The monoisotopic (exact) mass is 541 g/mol. The number of benzene rings is 2. The Morgan fingerprint density at radius 3 is 2.05 bits per heavy atom. The number of phenols is 1. The number of esters is 1. The summed E-state index contributed by atoms with van der Waals surface area (Å²) < 4.78 is 10.0. The molecule has 3 N–H and O–H groups in total. The van der Waals surface area contributed by atoms with Crippen LogP contribution in [0.4, 0.5) is 4.79 Å². The van der Waals surface area contributed by atoms with Crippen molar-refractivity contribution in [3.63, 3.8) is 0 Å². The molecule has 0 aliphatic heterocycles. The van der Waals surface area contributed by atoms with Gasteiger partial charge in [0.1, 0.15) is 30.0 Å². The number of aryl methyl sites for hydroxylation is 1. The van der Waals surface area contributed by atoms with E-state index < -0.39 is 41.6 Å². The minimum Gasteiger partial charge on any atom is -0.508 e. The number of hydrogen-bond donors (Lipinski definition) is 3. The molecule has 0 fully saturated rings. The first kappa shape index (κ1) is 31.1. The van der Waals surface area contributed by atoms with E-state index in [2.05, 4.69) is 15.4 Å². The molecule has 2 aromatic carbocycles. The van der Waals surface area contributed by atoms with Gasteiger partial charge in [-0.1, -0.05) is 43.3 Å². The highest BCUT2D eigenvalue weighted by atomic mass is 16.6. The third kappa shape index (κ3) is 9.63. The molecule has 10 nitrogen and oxygen atoms in total. The van der Waals surface area contributed by atoms with Crippen LogP contribution in [0.1, 0.15) is 57.4 Å². The Labute approximate surface area is 229 Å². The quantitative estimate of drug-likeness (QED) is 0.372. The number of amides is 3. The van der Waals surface area contributed by atoms with E-state index in [1.165, 1.54) is 24.1 Å². The van der Waals surface area contributed by atoms with Crippen LogP contribution in [0.25, 0.3) is 0 Å². The number of likely N-dealkylation sites (N-methyl/N-ethyl adjacent to an activating group) is 1. The molecule has 2 unspecified atom stereocenters. The predicted octanol–water partition coefficient (Wildman–Crippen LogP) is 3.27. The van der Waals surface area contributed by atoms with Crippen LogP contribution in [-0.4, -0.2) is 65.7 Å². The number of rotatable bonds is 11. The van der Waals surface area contributed by atoms with Crippen LogP contribution < -0.4 is 10.6 Å². The predicted molar refractivity (Wildman–Crippen MR) is 146 cm³/mol. The molecule has 0 heterocycles. The van der Waals surface area contributed by atoms with Crippen molar-refractivity contribution in [2.75, 3.05) is 20.2 Å². The van der Waals surface area contributed by atoms with Gasteiger partial charge in [0.2, 0.25) is 11.8 Å². The normalized spacial score (nSPS) is 12.6. The molecule has 212 valence electrons. The Hall–Kier alpha value is -4.08. The molecule has 39 heavy (non-hydrogen) atoms. The second-order valence-electron chi connectivity index (χ2n) is 9.99. The first-order chi connectivity index (χ1) is 18.4. The second kappa shape index (κ2) is 14.2. The lowest BCUT2D eigenvalue weighted by Crippen LogP contribution is -2.54. The summed E-state index contributed by atoms with van der Waals surface area (Å²) in [7, 11) is 1.22. The first-order valence-corrected chi connectivity index (χ1v) is 12.9. The molecule has 0 saturated heterocycles. The second-order valence-corrected chi connectivity index (χ2v) is 9.99. The minimum absolute atomic E-state index is 0.0646. The number of nitrogens with one attached hydrogen (secondary N) is 2. The van der Waals surface area contributed by atoms with Crippen molar-refractivity contribution in [3.05, 3.63) is 65.2 Å². The lowest BCUT2D eigenvalue weighted by molar-refractivity contribution is -0.144. The van der Waals surface area contributed by atoms with Crippen LogP contribution in [0.5, 0.6) is 5.75 Å². The van der Waals surface area contributed by atoms with Crippen LogP contribution in [0.2, 0.25) is 0 Å². The van der Waals surface area contributed by atoms with Crippen LogP contribution in [-0.2, 0) is 36.7 Å². The Morgan fingerprint density at radius 1 is 0.949 bits per heavy atom. The van der Waals surface area contributed by atoms with Crippen molar-refractivity contribution < 1.29 is 33.8 Å². The van der Waals surface area contributed by atoms with Crippen molar-refractivity contribution in [2.45, 2.75) is 65.1 Å². The van der Waals surface area contributed by atoms with Crippen molar-refractivity contribution in [3.8, 4) is 5.75 Å². The highest BCUT2D eigenvalue weighted by Gasteiger charge is 2.35. The molecular weight excluding hydrogens is 502 g/mol. The van der Waals surface area contributed by atoms with E-state index in [-0.39, 0.29) is 25.3 Å². The largest absolute Gasteiger partial charge is 0.508 e. The minimum atomic E-state index is -1.09. The third-order valence-electron chi connectivity index (χ3n) is 5.89. The molecule has 2 aromatic rings. The summed E-state index contributed by atoms with van der Waals surface area (Å²) in [4.78, 5) is 53.2. The van der Waals surface area contributed by atoms with E-state index in [1.807, 2.05) is 19.1 Å². The SMILES string of the molecule is CCc1ccc(C(C(=O)NCC(=O)OC)N(CC)C(=O)C(Cc2ccc(O)cc2)NC(=O)OC(C)(C)C)cc1. The lowest BCUT2D eigenvalue weighted by atomic mass is 9.99. The summed E-state index contributed by atoms with van der Waals surface area (Å²) in [5.74, 6) is -1.65. The molecule has 0 saturated carbocycles. The van der Waals surface area contributed by atoms with Gasteiger partial charge in [-0.2, -0.15) is 0 Å². The van der Waals surface area contributed by atoms with Gasteiger partial charge in [0.15, 0.2) is 0 Å². The third-order valence-corrected chi connectivity index (χ3v) is 5.89. The van der Waals surface area contributed by atoms with Gasteiger partial charge in [0.05, 0.1) is 7.11 Å². The van der Waals surface area contributed by atoms with E-state index in [0.29, 0.717) is 11.1 Å². The number of hydrogen-bond acceptors (Lipinski definition) is 7. The van der Waals surface area contributed by atoms with Crippen LogP contribution >= 0.6 is 0 Å². The smallest absolute Gasteiger partial charge is 0.408 e. The van der Waals surface area contributed by atoms with E-state index in [9.17, 15) is 24.3 Å². The van der Waals surface area contributed by atoms with Crippen molar-refractivity contribution in [2.24, 2.45) is 0 Å². The molecule has 3 amide bonds. The number of carbonyl (C=O) groups excluding carboxylic acids is 4. The Morgan fingerprint density at radius 2 is 1.54 bits per heavy atom. The fraction of sp³-hybridized carbons (Fsp3) is 0.448. The molecule has 0 spiro atoms. The molecule has 0 aliphatic rings. The summed E-state index contributed by atoms with van der Waals surface area (Å²) in [6, 6.07) is 11.4. The maximum absolute atomic E-state index is 14.0. The summed E-state index contributed by atoms with van der Waals surface area (Å²) in [6.07, 6.45) is 0.0968. The standard InChI is InChI=1S/C29H39N3O7/c1-7-19-9-13-21(14-10-19)25(26(35)30-18-24(34)38-6)32(8-2)27(36)23(31-28(37)39-29(3,4)5)17-20-11-15-22(33)16-12-20/h9-16,23,25,33H,7-8,17-18H2,1-6H3,(H,30,35)(H,31,37). The molecule has 0 bridgehead atoms. The highest BCUT2D eigenvalue weighted by Crippen LogP contribution is 2.24. The first-order valence-electron chi connectivity index (χ1n) is 12.9. The fourth-order valence-electron chi connectivity index (χ4n) is 3.92. The number of aromatic hydroxyl groups is 1. The van der Waals surface area contributed by atoms with Crippen molar-refractivity contribution in [1.29, 1.82) is 0 Å². The zero-order chi connectivity index (χ0) is 29.2. The summed E-state index contributed by atoms with van der Waals surface area (Å²) in [5.41, 5.74) is 1.49. The van der Waals surface area contributed by atoms with E-state index in [0.717, 1.165) is 12.0 Å². The van der Waals surface area contributed by atoms with Gasteiger partial charge in [-0.25, -0.2) is 4.79 Å². The molecule has 2 rings (SSSR count). The molecule has 0 radical (unpaired) electrons. The summed E-state index contributed by atoms with van der Waals surface area (Å²) in [6.45, 7) is 8.64. The zero-order valence-electron chi connectivity index (χ0n) is 23.4. The van der Waals surface area contributed by atoms with E-state index in [1.54, 1.807) is 52.0 Å². The highest BCUT2D eigenvalue weighted by molar-refractivity contribution is 5.93. The molecule has 0 aromatic heterocycles. The molecule has 10 heteroatoms. The van der Waals surface area contributed by atoms with Crippen LogP contribution in [0.3, 0.4) is 0 Å². The van der Waals surface area contributed by atoms with Gasteiger partial charge < -0.3 is 30.1 Å². The van der Waals surface area contributed by atoms with Crippen LogP contribution in [0, 0.1) is 0 Å². The Balaban J connectivity index is 2.47. The average molecular weight is 542 g/mol. The number of carbonyl (C=O) groups is 4. The van der Waals surface area contributed by atoms with Gasteiger partial charge in [-0.05, 0) is 62.9 Å². The maximum atomic E-state index is 14.0. The number of nitrogens with zero attached hydrogens (tertiary/aromatic N) is 1. The van der Waals surface area contributed by atoms with Gasteiger partial charge in [-0.15, -0.1) is 0 Å².